The Morgan fingerprint density at radius 1 is 1.32 bits per heavy atom. The van der Waals surface area contributed by atoms with Gasteiger partial charge >= 0.3 is 5.97 Å². The van der Waals surface area contributed by atoms with Crippen LogP contribution in [-0.4, -0.2) is 58.4 Å². The minimum atomic E-state index is -0.934. The van der Waals surface area contributed by atoms with E-state index in [4.69, 9.17) is 11.6 Å². The van der Waals surface area contributed by atoms with E-state index >= 15 is 0 Å². The lowest BCUT2D eigenvalue weighted by atomic mass is 9.77. The van der Waals surface area contributed by atoms with Crippen LogP contribution in [-0.2, 0) is 20.8 Å². The number of likely N-dealkylation sites (tertiary alicyclic amines) is 2. The van der Waals surface area contributed by atoms with Crippen LogP contribution in [0.25, 0.3) is 0 Å². The predicted octanol–water partition coefficient (Wildman–Crippen LogP) is 1.81. The summed E-state index contributed by atoms with van der Waals surface area (Å²) in [6.45, 7) is 0.918. The lowest BCUT2D eigenvalue weighted by Gasteiger charge is -2.45. The highest BCUT2D eigenvalue weighted by molar-refractivity contribution is 6.30. The molecule has 1 aromatic carbocycles. The molecular weight excluding hydrogens is 344 g/mol. The molecule has 7 heteroatoms. The van der Waals surface area contributed by atoms with Crippen molar-refractivity contribution in [3.63, 3.8) is 0 Å². The third-order valence-electron chi connectivity index (χ3n) is 5.59. The molecule has 0 unspecified atom stereocenters. The number of rotatable bonds is 3. The van der Waals surface area contributed by atoms with Crippen molar-refractivity contribution in [2.45, 2.75) is 31.2 Å². The third kappa shape index (κ3) is 3.23. The van der Waals surface area contributed by atoms with E-state index in [1.807, 2.05) is 12.1 Å². The Labute approximate surface area is 151 Å². The Morgan fingerprint density at radius 3 is 2.60 bits per heavy atom. The molecule has 25 heavy (non-hydrogen) atoms. The topological polar surface area (TPSA) is 77.9 Å². The molecule has 1 spiro atoms. The van der Waals surface area contributed by atoms with Crippen molar-refractivity contribution in [3.8, 4) is 0 Å². The molecule has 2 aliphatic heterocycles. The third-order valence-corrected chi connectivity index (χ3v) is 5.83. The molecule has 0 bridgehead atoms. The summed E-state index contributed by atoms with van der Waals surface area (Å²) < 4.78 is 0. The fourth-order valence-electron chi connectivity index (χ4n) is 4.06. The zero-order valence-corrected chi connectivity index (χ0v) is 14.8. The van der Waals surface area contributed by atoms with E-state index in [1.165, 1.54) is 0 Å². The predicted molar refractivity (Wildman–Crippen MR) is 92.2 cm³/mol. The van der Waals surface area contributed by atoms with Crippen molar-refractivity contribution in [2.75, 3.05) is 20.1 Å². The van der Waals surface area contributed by atoms with E-state index in [1.54, 1.807) is 29.0 Å². The highest BCUT2D eigenvalue weighted by Gasteiger charge is 2.55. The van der Waals surface area contributed by atoms with Crippen LogP contribution in [0.1, 0.15) is 24.8 Å². The smallest absolute Gasteiger partial charge is 0.309 e. The lowest BCUT2D eigenvalue weighted by molar-refractivity contribution is -0.146. The van der Waals surface area contributed by atoms with Crippen molar-refractivity contribution < 1.29 is 19.5 Å². The molecule has 0 aromatic heterocycles. The number of hydrogen-bond acceptors (Lipinski definition) is 3. The van der Waals surface area contributed by atoms with E-state index in [2.05, 4.69) is 0 Å². The van der Waals surface area contributed by atoms with Gasteiger partial charge in [-0.25, -0.2) is 0 Å². The van der Waals surface area contributed by atoms with Crippen LogP contribution in [0.4, 0.5) is 0 Å². The van der Waals surface area contributed by atoms with E-state index in [-0.39, 0.29) is 24.7 Å². The number of carboxylic acids is 1. The first-order valence-corrected chi connectivity index (χ1v) is 8.73. The Morgan fingerprint density at radius 2 is 2.00 bits per heavy atom. The Balaban J connectivity index is 1.67. The molecule has 2 saturated heterocycles. The van der Waals surface area contributed by atoms with Crippen LogP contribution in [0.3, 0.4) is 0 Å². The van der Waals surface area contributed by atoms with Gasteiger partial charge in [0.25, 0.3) is 0 Å². The lowest BCUT2D eigenvalue weighted by Crippen LogP contribution is -2.57. The SMILES string of the molecule is CN1C(=O)C[C@@H](C(=O)O)C12CCN(C(=O)Cc1cccc(Cl)c1)CC2. The van der Waals surface area contributed by atoms with Crippen LogP contribution < -0.4 is 0 Å². The second-order valence-corrected chi connectivity index (χ2v) is 7.28. The van der Waals surface area contributed by atoms with Gasteiger partial charge in [-0.05, 0) is 30.5 Å². The summed E-state index contributed by atoms with van der Waals surface area (Å²) in [6.07, 6.45) is 1.30. The summed E-state index contributed by atoms with van der Waals surface area (Å²) in [7, 11) is 1.68. The van der Waals surface area contributed by atoms with Crippen LogP contribution in [0, 0.1) is 5.92 Å². The number of carbonyl (C=O) groups excluding carboxylic acids is 2. The zero-order chi connectivity index (χ0) is 18.2. The summed E-state index contributed by atoms with van der Waals surface area (Å²) >= 11 is 5.95. The molecule has 1 atom stereocenters. The molecule has 2 fully saturated rings. The second-order valence-electron chi connectivity index (χ2n) is 6.84. The summed E-state index contributed by atoms with van der Waals surface area (Å²) in [5, 5.41) is 10.1. The van der Waals surface area contributed by atoms with Gasteiger partial charge in [-0.15, -0.1) is 0 Å². The molecule has 1 aromatic rings. The maximum Gasteiger partial charge on any atom is 0.309 e. The molecule has 134 valence electrons. The van der Waals surface area contributed by atoms with E-state index in [0.717, 1.165) is 5.56 Å². The summed E-state index contributed by atoms with van der Waals surface area (Å²) in [4.78, 5) is 39.5. The maximum atomic E-state index is 12.5. The van der Waals surface area contributed by atoms with Gasteiger partial charge in [0.1, 0.15) is 0 Å². The van der Waals surface area contributed by atoms with Crippen LogP contribution in [0.5, 0.6) is 0 Å². The van der Waals surface area contributed by atoms with Crippen molar-refractivity contribution in [3.05, 3.63) is 34.9 Å². The molecule has 0 saturated carbocycles. The fraction of sp³-hybridized carbons (Fsp3) is 0.500. The molecule has 0 aliphatic carbocycles. The molecule has 3 rings (SSSR count). The van der Waals surface area contributed by atoms with Crippen molar-refractivity contribution in [1.29, 1.82) is 0 Å². The van der Waals surface area contributed by atoms with Gasteiger partial charge in [0, 0.05) is 31.6 Å². The van der Waals surface area contributed by atoms with E-state index in [9.17, 15) is 19.5 Å². The first-order chi connectivity index (χ1) is 11.8. The standard InChI is InChI=1S/C18H21ClN2O4/c1-20-15(22)11-14(17(24)25)18(20)5-7-21(8-6-18)16(23)10-12-3-2-4-13(19)9-12/h2-4,9,14H,5-8,10-11H2,1H3,(H,24,25)/t14-/m0/s1. The molecule has 6 nitrogen and oxygen atoms in total. The summed E-state index contributed by atoms with van der Waals surface area (Å²) in [5.41, 5.74) is 0.185. The number of aliphatic carboxylic acids is 1. The number of halogens is 1. The van der Waals surface area contributed by atoms with Gasteiger partial charge in [0.15, 0.2) is 0 Å². The number of amides is 2. The van der Waals surface area contributed by atoms with Gasteiger partial charge in [0.2, 0.25) is 11.8 Å². The van der Waals surface area contributed by atoms with Gasteiger partial charge in [-0.3, -0.25) is 14.4 Å². The Bertz CT molecular complexity index is 713. The molecule has 2 amide bonds. The van der Waals surface area contributed by atoms with E-state index in [0.29, 0.717) is 31.0 Å². The molecule has 2 aliphatic rings. The largest absolute Gasteiger partial charge is 0.481 e. The number of benzene rings is 1. The number of nitrogens with zero attached hydrogens (tertiary/aromatic N) is 2. The average molecular weight is 365 g/mol. The number of piperidine rings is 1. The van der Waals surface area contributed by atoms with Crippen molar-refractivity contribution in [1.82, 2.24) is 9.80 Å². The normalized spacial score (nSPS) is 22.5. The fourth-order valence-corrected chi connectivity index (χ4v) is 4.27. The highest BCUT2D eigenvalue weighted by Crippen LogP contribution is 2.42. The molecule has 1 N–H and O–H groups in total. The number of carboxylic acid groups (broad SMARTS) is 1. The molecule has 0 radical (unpaired) electrons. The summed E-state index contributed by atoms with van der Waals surface area (Å²) in [5.74, 6) is -1.77. The Hall–Kier alpha value is -2.08. The molecular formula is C18H21ClN2O4. The van der Waals surface area contributed by atoms with Gasteiger partial charge in [0.05, 0.1) is 17.9 Å². The van der Waals surface area contributed by atoms with Crippen molar-refractivity contribution >= 4 is 29.4 Å². The molecule has 2 heterocycles. The average Bonchev–Trinajstić information content (AvgIpc) is 2.81. The van der Waals surface area contributed by atoms with Crippen molar-refractivity contribution in [2.24, 2.45) is 5.92 Å². The van der Waals surface area contributed by atoms with Gasteiger partial charge < -0.3 is 14.9 Å². The van der Waals surface area contributed by atoms with Crippen LogP contribution >= 0.6 is 11.6 Å². The van der Waals surface area contributed by atoms with Gasteiger partial charge in [-0.1, -0.05) is 23.7 Å². The highest BCUT2D eigenvalue weighted by atomic mass is 35.5. The number of carbonyl (C=O) groups is 3. The summed E-state index contributed by atoms with van der Waals surface area (Å²) in [6, 6.07) is 7.21. The first-order valence-electron chi connectivity index (χ1n) is 8.35. The number of hydrogen-bond donors (Lipinski definition) is 1. The van der Waals surface area contributed by atoms with Crippen LogP contribution in [0.2, 0.25) is 5.02 Å². The van der Waals surface area contributed by atoms with E-state index < -0.39 is 17.4 Å². The maximum absolute atomic E-state index is 12.5. The second kappa shape index (κ2) is 6.67. The first kappa shape index (κ1) is 17.7. The minimum Gasteiger partial charge on any atom is -0.481 e. The quantitative estimate of drug-likeness (QED) is 0.887. The van der Waals surface area contributed by atoms with Gasteiger partial charge in [-0.2, -0.15) is 0 Å². The Kier molecular flexibility index (Phi) is 4.73. The monoisotopic (exact) mass is 364 g/mol. The zero-order valence-electron chi connectivity index (χ0n) is 14.1. The minimum absolute atomic E-state index is 0.00373. The van der Waals surface area contributed by atoms with Crippen LogP contribution in [0.15, 0.2) is 24.3 Å².